The van der Waals surface area contributed by atoms with Crippen LogP contribution in [0.25, 0.3) is 0 Å². The molecule has 0 radical (unpaired) electrons. The third-order valence-electron chi connectivity index (χ3n) is 1.52. The van der Waals surface area contributed by atoms with Gasteiger partial charge in [0.25, 0.3) is 0 Å². The van der Waals surface area contributed by atoms with Crippen LogP contribution in [-0.2, 0) is 0 Å². The maximum absolute atomic E-state index is 8.58. The zero-order chi connectivity index (χ0) is 9.52. The number of hydrogen-bond acceptors (Lipinski definition) is 3. The van der Waals surface area contributed by atoms with E-state index in [1.54, 1.807) is 18.0 Å². The summed E-state index contributed by atoms with van der Waals surface area (Å²) in [7, 11) is 0. The first-order valence-corrected chi connectivity index (χ1v) is 5.96. The van der Waals surface area contributed by atoms with Gasteiger partial charge in [0.2, 0.25) is 0 Å². The second kappa shape index (κ2) is 6.40. The standard InChI is InChI=1S/C9H12BrNOS/c10-8-4-3-5-11-9(8)13-7-2-1-6-12/h3-5,12H,1-2,6-7H2. The number of unbranched alkanes of at least 4 members (excludes halogenated alkanes) is 1. The van der Waals surface area contributed by atoms with Gasteiger partial charge in [-0.15, -0.1) is 11.8 Å². The van der Waals surface area contributed by atoms with E-state index >= 15 is 0 Å². The van der Waals surface area contributed by atoms with E-state index in [9.17, 15) is 0 Å². The third-order valence-corrected chi connectivity index (χ3v) is 3.51. The topological polar surface area (TPSA) is 33.1 Å². The van der Waals surface area contributed by atoms with Crippen LogP contribution >= 0.6 is 27.7 Å². The fourth-order valence-electron chi connectivity index (χ4n) is 0.860. The molecule has 1 aromatic rings. The van der Waals surface area contributed by atoms with Crippen molar-refractivity contribution in [2.45, 2.75) is 17.9 Å². The van der Waals surface area contributed by atoms with Gasteiger partial charge in [-0.25, -0.2) is 4.98 Å². The summed E-state index contributed by atoms with van der Waals surface area (Å²) in [6.07, 6.45) is 3.70. The Kier molecular flexibility index (Phi) is 5.43. The molecule has 4 heteroatoms. The van der Waals surface area contributed by atoms with Gasteiger partial charge in [0.15, 0.2) is 0 Å². The lowest BCUT2D eigenvalue weighted by atomic mass is 10.4. The van der Waals surface area contributed by atoms with Crippen LogP contribution in [0.4, 0.5) is 0 Å². The first-order chi connectivity index (χ1) is 6.34. The van der Waals surface area contributed by atoms with Crippen LogP contribution in [0.2, 0.25) is 0 Å². The first kappa shape index (κ1) is 11.0. The van der Waals surface area contributed by atoms with E-state index in [1.165, 1.54) is 0 Å². The Balaban J connectivity index is 2.32. The van der Waals surface area contributed by atoms with E-state index in [4.69, 9.17) is 5.11 Å². The number of aliphatic hydroxyl groups excluding tert-OH is 1. The number of rotatable bonds is 5. The van der Waals surface area contributed by atoms with Crippen molar-refractivity contribution in [3.63, 3.8) is 0 Å². The van der Waals surface area contributed by atoms with Crippen molar-refractivity contribution in [1.29, 1.82) is 0 Å². The molecule has 0 saturated heterocycles. The number of hydrogen-bond donors (Lipinski definition) is 1. The summed E-state index contributed by atoms with van der Waals surface area (Å²) in [6.45, 7) is 0.282. The molecule has 1 heterocycles. The SMILES string of the molecule is OCCCCSc1ncccc1Br. The predicted molar refractivity (Wildman–Crippen MR) is 59.0 cm³/mol. The number of aliphatic hydroxyl groups is 1. The Bertz CT molecular complexity index is 257. The molecule has 0 spiro atoms. The van der Waals surface area contributed by atoms with Gasteiger partial charge in [-0.3, -0.25) is 0 Å². The van der Waals surface area contributed by atoms with Crippen molar-refractivity contribution in [2.75, 3.05) is 12.4 Å². The van der Waals surface area contributed by atoms with Gasteiger partial charge in [0.1, 0.15) is 5.03 Å². The highest BCUT2D eigenvalue weighted by Gasteiger charge is 1.99. The Morgan fingerprint density at radius 2 is 2.31 bits per heavy atom. The van der Waals surface area contributed by atoms with Crippen LogP contribution in [0.15, 0.2) is 27.8 Å². The smallest absolute Gasteiger partial charge is 0.110 e. The molecule has 0 atom stereocenters. The Labute approximate surface area is 90.9 Å². The minimum absolute atomic E-state index is 0.282. The molecule has 0 aliphatic rings. The summed E-state index contributed by atoms with van der Waals surface area (Å²) in [4.78, 5) is 4.23. The average Bonchev–Trinajstić information content (AvgIpc) is 2.15. The highest BCUT2D eigenvalue weighted by molar-refractivity contribution is 9.10. The Morgan fingerprint density at radius 1 is 1.46 bits per heavy atom. The van der Waals surface area contributed by atoms with Crippen LogP contribution in [0.5, 0.6) is 0 Å². The lowest BCUT2D eigenvalue weighted by Crippen LogP contribution is -1.87. The van der Waals surface area contributed by atoms with Crippen molar-refractivity contribution in [2.24, 2.45) is 0 Å². The van der Waals surface area contributed by atoms with Gasteiger partial charge >= 0.3 is 0 Å². The number of aromatic nitrogens is 1. The van der Waals surface area contributed by atoms with Gasteiger partial charge < -0.3 is 5.11 Å². The largest absolute Gasteiger partial charge is 0.396 e. The van der Waals surface area contributed by atoms with Crippen LogP contribution in [0.1, 0.15) is 12.8 Å². The molecule has 0 unspecified atom stereocenters. The van der Waals surface area contributed by atoms with Crippen LogP contribution in [-0.4, -0.2) is 22.5 Å². The first-order valence-electron chi connectivity index (χ1n) is 4.19. The van der Waals surface area contributed by atoms with Gasteiger partial charge in [-0.1, -0.05) is 0 Å². The molecule has 0 saturated carbocycles. The summed E-state index contributed by atoms with van der Waals surface area (Å²) in [6, 6.07) is 3.89. The van der Waals surface area contributed by atoms with Crippen LogP contribution in [0.3, 0.4) is 0 Å². The molecular weight excluding hydrogens is 250 g/mol. The average molecular weight is 262 g/mol. The van der Waals surface area contributed by atoms with Gasteiger partial charge in [0, 0.05) is 17.3 Å². The number of pyridine rings is 1. The fraction of sp³-hybridized carbons (Fsp3) is 0.444. The minimum atomic E-state index is 0.282. The maximum Gasteiger partial charge on any atom is 0.110 e. The molecule has 1 aromatic heterocycles. The van der Waals surface area contributed by atoms with E-state index < -0.39 is 0 Å². The maximum atomic E-state index is 8.58. The minimum Gasteiger partial charge on any atom is -0.396 e. The fourth-order valence-corrected chi connectivity index (χ4v) is 2.34. The Morgan fingerprint density at radius 3 is 3.00 bits per heavy atom. The van der Waals surface area contributed by atoms with Crippen molar-refractivity contribution in [3.8, 4) is 0 Å². The normalized spacial score (nSPS) is 10.3. The van der Waals surface area contributed by atoms with Crippen molar-refractivity contribution >= 4 is 27.7 Å². The monoisotopic (exact) mass is 261 g/mol. The van der Waals surface area contributed by atoms with Gasteiger partial charge in [-0.05, 0) is 46.7 Å². The third kappa shape index (κ3) is 4.11. The molecule has 0 amide bonds. The number of thioether (sulfide) groups is 1. The second-order valence-electron chi connectivity index (χ2n) is 2.57. The van der Waals surface area contributed by atoms with Gasteiger partial charge in [-0.2, -0.15) is 0 Å². The zero-order valence-electron chi connectivity index (χ0n) is 7.24. The lowest BCUT2D eigenvalue weighted by Gasteiger charge is -2.01. The highest BCUT2D eigenvalue weighted by atomic mass is 79.9. The van der Waals surface area contributed by atoms with Crippen LogP contribution in [0, 0.1) is 0 Å². The molecule has 1 rings (SSSR count). The summed E-state index contributed by atoms with van der Waals surface area (Å²) < 4.78 is 1.05. The molecule has 1 N–H and O–H groups in total. The van der Waals surface area contributed by atoms with E-state index in [1.807, 2.05) is 12.1 Å². The van der Waals surface area contributed by atoms with Crippen molar-refractivity contribution < 1.29 is 5.11 Å². The summed E-state index contributed by atoms with van der Waals surface area (Å²) in [5.41, 5.74) is 0. The number of nitrogens with zero attached hydrogens (tertiary/aromatic N) is 1. The molecule has 0 aromatic carbocycles. The molecule has 0 aliphatic carbocycles. The van der Waals surface area contributed by atoms with E-state index in [0.717, 1.165) is 28.1 Å². The molecule has 2 nitrogen and oxygen atoms in total. The molecule has 0 aliphatic heterocycles. The lowest BCUT2D eigenvalue weighted by molar-refractivity contribution is 0.287. The number of halogens is 1. The zero-order valence-corrected chi connectivity index (χ0v) is 9.64. The van der Waals surface area contributed by atoms with E-state index in [-0.39, 0.29) is 6.61 Å². The van der Waals surface area contributed by atoms with E-state index in [0.29, 0.717) is 0 Å². The Hall–Kier alpha value is -0.0600. The van der Waals surface area contributed by atoms with Crippen molar-refractivity contribution in [1.82, 2.24) is 4.98 Å². The summed E-state index contributed by atoms with van der Waals surface area (Å²) in [5, 5.41) is 9.61. The highest BCUT2D eigenvalue weighted by Crippen LogP contribution is 2.25. The summed E-state index contributed by atoms with van der Waals surface area (Å²) >= 11 is 5.15. The molecule has 0 bridgehead atoms. The molecule has 0 fully saturated rings. The van der Waals surface area contributed by atoms with Crippen LogP contribution < -0.4 is 0 Å². The summed E-state index contributed by atoms with van der Waals surface area (Å²) in [5.74, 6) is 1.01. The molecule has 72 valence electrons. The van der Waals surface area contributed by atoms with Gasteiger partial charge in [0.05, 0.1) is 0 Å². The molecule has 13 heavy (non-hydrogen) atoms. The molecular formula is C9H12BrNOS. The second-order valence-corrected chi connectivity index (χ2v) is 4.51. The predicted octanol–water partition coefficient (Wildman–Crippen LogP) is 2.71. The van der Waals surface area contributed by atoms with E-state index in [2.05, 4.69) is 20.9 Å². The van der Waals surface area contributed by atoms with Crippen molar-refractivity contribution in [3.05, 3.63) is 22.8 Å². The quantitative estimate of drug-likeness (QED) is 0.654.